The third-order valence-electron chi connectivity index (χ3n) is 5.27. The van der Waals surface area contributed by atoms with Crippen molar-refractivity contribution in [2.45, 2.75) is 25.9 Å². The zero-order chi connectivity index (χ0) is 19.8. The molecule has 146 valence electrons. The van der Waals surface area contributed by atoms with Gasteiger partial charge in [0.15, 0.2) is 0 Å². The van der Waals surface area contributed by atoms with Crippen molar-refractivity contribution in [1.82, 2.24) is 19.9 Å². The van der Waals surface area contributed by atoms with Crippen LogP contribution in [0.4, 0.5) is 0 Å². The number of hydrogen-bond acceptors (Lipinski definition) is 6. The van der Waals surface area contributed by atoms with Crippen molar-refractivity contribution in [3.05, 3.63) is 59.9 Å². The predicted molar refractivity (Wildman–Crippen MR) is 113 cm³/mol. The molecule has 5 rings (SSSR count). The molecule has 7 heteroatoms. The fourth-order valence-corrected chi connectivity index (χ4v) is 4.62. The summed E-state index contributed by atoms with van der Waals surface area (Å²) < 4.78 is 7.27. The summed E-state index contributed by atoms with van der Waals surface area (Å²) in [5.74, 6) is -0.0719. The van der Waals surface area contributed by atoms with E-state index in [9.17, 15) is 4.79 Å². The third-order valence-corrected chi connectivity index (χ3v) is 6.18. The number of nitrogens with zero attached hydrogens (tertiary/aromatic N) is 4. The Hall–Kier alpha value is -3.06. The lowest BCUT2D eigenvalue weighted by atomic mass is 10.1. The van der Waals surface area contributed by atoms with Crippen molar-refractivity contribution in [2.75, 3.05) is 13.1 Å². The minimum atomic E-state index is -0.0719. The van der Waals surface area contributed by atoms with Crippen molar-refractivity contribution < 1.29 is 9.53 Å². The fourth-order valence-electron chi connectivity index (χ4n) is 3.66. The number of aryl methyl sites for hydroxylation is 1. The Balaban J connectivity index is 1.24. The van der Waals surface area contributed by atoms with E-state index in [1.54, 1.807) is 17.5 Å². The van der Waals surface area contributed by atoms with Crippen molar-refractivity contribution in [3.8, 4) is 5.19 Å². The van der Waals surface area contributed by atoms with Crippen LogP contribution in [-0.2, 0) is 0 Å². The normalized spacial score (nSPS) is 15.1. The Morgan fingerprint density at radius 1 is 1.07 bits per heavy atom. The number of carbonyl (C=O) groups excluding carboxylic acids is 1. The van der Waals surface area contributed by atoms with Crippen LogP contribution in [0.3, 0.4) is 0 Å². The lowest BCUT2D eigenvalue weighted by Gasteiger charge is -2.31. The number of para-hydroxylation sites is 3. The molecule has 1 amide bonds. The summed E-state index contributed by atoms with van der Waals surface area (Å²) >= 11 is 1.58. The molecular formula is C22H20N4O2S. The summed E-state index contributed by atoms with van der Waals surface area (Å²) in [6, 6.07) is 13.7. The van der Waals surface area contributed by atoms with Gasteiger partial charge in [0, 0.05) is 25.9 Å². The number of benzene rings is 2. The van der Waals surface area contributed by atoms with E-state index >= 15 is 0 Å². The molecule has 6 nitrogen and oxygen atoms in total. The highest BCUT2D eigenvalue weighted by Gasteiger charge is 2.26. The second-order valence-electron chi connectivity index (χ2n) is 7.25. The van der Waals surface area contributed by atoms with Crippen LogP contribution in [-0.4, -0.2) is 45.0 Å². The minimum absolute atomic E-state index is 0.0719. The molecule has 2 aromatic heterocycles. The van der Waals surface area contributed by atoms with E-state index in [4.69, 9.17) is 4.74 Å². The van der Waals surface area contributed by atoms with Crippen molar-refractivity contribution in [1.29, 1.82) is 0 Å². The SMILES string of the molecule is Cc1cccc2sc(OC3CCN(C(=O)c4cnc5ccccc5n4)CC3)nc12. The number of thiazole rings is 1. The summed E-state index contributed by atoms with van der Waals surface area (Å²) in [6.45, 7) is 3.34. The Kier molecular flexibility index (Phi) is 4.60. The van der Waals surface area contributed by atoms with E-state index in [0.29, 0.717) is 24.0 Å². The largest absolute Gasteiger partial charge is 0.467 e. The molecule has 0 aliphatic carbocycles. The zero-order valence-electron chi connectivity index (χ0n) is 16.0. The molecule has 1 saturated heterocycles. The first-order valence-electron chi connectivity index (χ1n) is 9.71. The number of amides is 1. The molecule has 3 heterocycles. The molecule has 0 spiro atoms. The molecule has 0 N–H and O–H groups in total. The Morgan fingerprint density at radius 2 is 1.86 bits per heavy atom. The highest BCUT2D eigenvalue weighted by Crippen LogP contribution is 2.31. The molecule has 0 atom stereocenters. The number of carbonyl (C=O) groups is 1. The quantitative estimate of drug-likeness (QED) is 0.511. The molecule has 1 fully saturated rings. The second-order valence-corrected chi connectivity index (χ2v) is 8.25. The standard InChI is InChI=1S/C22H20N4O2S/c1-14-5-4-8-19-20(14)25-22(29-19)28-15-9-11-26(12-10-15)21(27)18-13-23-16-6-2-3-7-17(16)24-18/h2-8,13,15H,9-12H2,1H3. The van der Waals surface area contributed by atoms with Crippen molar-refractivity contribution in [2.24, 2.45) is 0 Å². The minimum Gasteiger partial charge on any atom is -0.467 e. The van der Waals surface area contributed by atoms with Crippen LogP contribution in [0.5, 0.6) is 5.19 Å². The van der Waals surface area contributed by atoms with E-state index in [0.717, 1.165) is 39.7 Å². The first-order valence-corrected chi connectivity index (χ1v) is 10.5. The third kappa shape index (κ3) is 3.53. The van der Waals surface area contributed by atoms with Crippen molar-refractivity contribution >= 4 is 38.5 Å². The lowest BCUT2D eigenvalue weighted by Crippen LogP contribution is -2.42. The van der Waals surface area contributed by atoms with Crippen molar-refractivity contribution in [3.63, 3.8) is 0 Å². The van der Waals surface area contributed by atoms with Gasteiger partial charge in [0.25, 0.3) is 11.1 Å². The fraction of sp³-hybridized carbons (Fsp3) is 0.273. The van der Waals surface area contributed by atoms with E-state index < -0.39 is 0 Å². The van der Waals surface area contributed by atoms with Gasteiger partial charge in [0.05, 0.1) is 27.4 Å². The van der Waals surface area contributed by atoms with Gasteiger partial charge in [-0.3, -0.25) is 9.78 Å². The lowest BCUT2D eigenvalue weighted by molar-refractivity contribution is 0.0590. The van der Waals surface area contributed by atoms with Gasteiger partial charge in [0.2, 0.25) is 0 Å². The number of rotatable bonds is 3. The first-order chi connectivity index (χ1) is 14.2. The van der Waals surface area contributed by atoms with Crippen LogP contribution in [0.15, 0.2) is 48.7 Å². The highest BCUT2D eigenvalue weighted by atomic mass is 32.1. The average molecular weight is 404 g/mol. The predicted octanol–water partition coefficient (Wildman–Crippen LogP) is 4.23. The second kappa shape index (κ2) is 7.40. The van der Waals surface area contributed by atoms with Crippen LogP contribution in [0.25, 0.3) is 21.3 Å². The maximum absolute atomic E-state index is 12.8. The van der Waals surface area contributed by atoms with Gasteiger partial charge in [-0.2, -0.15) is 0 Å². The number of ether oxygens (including phenoxy) is 1. The van der Waals surface area contributed by atoms with E-state index in [1.807, 2.05) is 35.2 Å². The van der Waals surface area contributed by atoms with Gasteiger partial charge in [-0.25, -0.2) is 9.97 Å². The maximum atomic E-state index is 12.8. The molecule has 2 aromatic carbocycles. The molecule has 0 bridgehead atoms. The van der Waals surface area contributed by atoms with E-state index in [2.05, 4.69) is 34.0 Å². The average Bonchev–Trinajstić information content (AvgIpc) is 3.17. The summed E-state index contributed by atoms with van der Waals surface area (Å²) in [7, 11) is 0. The maximum Gasteiger partial charge on any atom is 0.274 e. The monoisotopic (exact) mass is 404 g/mol. The van der Waals surface area contributed by atoms with E-state index in [-0.39, 0.29) is 12.0 Å². The van der Waals surface area contributed by atoms with Gasteiger partial charge in [-0.15, -0.1) is 0 Å². The zero-order valence-corrected chi connectivity index (χ0v) is 16.9. The number of fused-ring (bicyclic) bond motifs is 2. The topological polar surface area (TPSA) is 68.2 Å². The highest BCUT2D eigenvalue weighted by molar-refractivity contribution is 7.20. The molecule has 0 radical (unpaired) electrons. The molecule has 1 aliphatic rings. The van der Waals surface area contributed by atoms with Gasteiger partial charge in [-0.1, -0.05) is 35.6 Å². The molecule has 29 heavy (non-hydrogen) atoms. The van der Waals surface area contributed by atoms with E-state index in [1.165, 1.54) is 0 Å². The number of hydrogen-bond donors (Lipinski definition) is 0. The van der Waals surface area contributed by atoms with Crippen LogP contribution >= 0.6 is 11.3 Å². The summed E-state index contributed by atoms with van der Waals surface area (Å²) in [5.41, 5.74) is 4.09. The van der Waals surface area contributed by atoms with Crippen LogP contribution in [0, 0.1) is 6.92 Å². The molecule has 1 aliphatic heterocycles. The molecule has 4 aromatic rings. The molecule has 0 saturated carbocycles. The number of likely N-dealkylation sites (tertiary alicyclic amines) is 1. The Labute approximate surface area is 172 Å². The van der Waals surface area contributed by atoms with Crippen LogP contribution < -0.4 is 4.74 Å². The first kappa shape index (κ1) is 18.0. The van der Waals surface area contributed by atoms with Gasteiger partial charge in [-0.05, 0) is 30.7 Å². The van der Waals surface area contributed by atoms with Gasteiger partial charge >= 0.3 is 0 Å². The smallest absolute Gasteiger partial charge is 0.274 e. The number of aromatic nitrogens is 3. The summed E-state index contributed by atoms with van der Waals surface area (Å²) in [5, 5.41) is 0.708. The summed E-state index contributed by atoms with van der Waals surface area (Å²) in [4.78, 5) is 28.1. The summed E-state index contributed by atoms with van der Waals surface area (Å²) in [6.07, 6.45) is 3.20. The van der Waals surface area contributed by atoms with Gasteiger partial charge in [0.1, 0.15) is 11.8 Å². The van der Waals surface area contributed by atoms with Gasteiger partial charge < -0.3 is 9.64 Å². The Morgan fingerprint density at radius 3 is 2.66 bits per heavy atom. The number of piperidine rings is 1. The Bertz CT molecular complexity index is 1200. The van der Waals surface area contributed by atoms with Crippen LogP contribution in [0.2, 0.25) is 0 Å². The molecule has 0 unspecified atom stereocenters. The van der Waals surface area contributed by atoms with Crippen LogP contribution in [0.1, 0.15) is 28.9 Å². The molecular weight excluding hydrogens is 384 g/mol.